The topological polar surface area (TPSA) is 50.4 Å². The van der Waals surface area contributed by atoms with E-state index < -0.39 is 5.85 Å². The maximum atomic E-state index is 10.1. The zero-order chi connectivity index (χ0) is 7.45. The van der Waals surface area contributed by atoms with E-state index in [1.807, 2.05) is 6.92 Å². The van der Waals surface area contributed by atoms with Crippen molar-refractivity contribution < 1.29 is 40.1 Å². The maximum absolute atomic E-state index is 10.1. The van der Waals surface area contributed by atoms with Crippen LogP contribution in [0.15, 0.2) is 0 Å². The van der Waals surface area contributed by atoms with Gasteiger partial charge in [-0.3, -0.25) is 15.2 Å². The zero-order valence-electron chi connectivity index (χ0n) is 7.89. The number of rotatable bonds is 2. The molecule has 0 saturated carbocycles. The molecule has 60 valence electrons. The monoisotopic (exact) mass is 186 g/mol. The molecule has 0 unspecified atom stereocenters. The Kier molecular flexibility index (Phi) is 6.09. The van der Waals surface area contributed by atoms with E-state index in [-0.39, 0.29) is 39.7 Å². The first-order chi connectivity index (χ1) is 4.77. The van der Waals surface area contributed by atoms with Crippen LogP contribution in [0.4, 0.5) is 0 Å². The summed E-state index contributed by atoms with van der Waals surface area (Å²) in [7, 11) is -0.292. The van der Waals surface area contributed by atoms with E-state index in [1.165, 1.54) is 0 Å². The minimum absolute atomic E-state index is 0. The predicted octanol–water partition coefficient (Wildman–Crippen LogP) is -2.42. The van der Waals surface area contributed by atoms with Gasteiger partial charge < -0.3 is 1.43 Å². The van der Waals surface area contributed by atoms with Crippen LogP contribution in [0.2, 0.25) is 0 Å². The van der Waals surface area contributed by atoms with E-state index in [4.69, 9.17) is 4.52 Å². The Morgan fingerprint density at radius 3 is 2.55 bits per heavy atom. The van der Waals surface area contributed by atoms with E-state index in [0.717, 1.165) is 19.5 Å². The third-order valence-electron chi connectivity index (χ3n) is 1.50. The normalized spacial score (nSPS) is 22.6. The molecule has 0 amide bonds. The van der Waals surface area contributed by atoms with E-state index in [1.54, 1.807) is 0 Å². The third-order valence-corrected chi connectivity index (χ3v) is 1.94. The molecule has 0 aromatic carbocycles. The van der Waals surface area contributed by atoms with Gasteiger partial charge in [0.25, 0.3) is 0 Å². The smallest absolute Gasteiger partial charge is 1.00 e. The molecule has 6 heteroatoms. The molecule has 4 nitrogen and oxygen atoms in total. The molecule has 0 aromatic heterocycles. The van der Waals surface area contributed by atoms with Crippen molar-refractivity contribution in [2.24, 2.45) is 0 Å². The summed E-state index contributed by atoms with van der Waals surface area (Å²) >= 11 is 0. The molecule has 0 spiro atoms. The Bertz CT molecular complexity index is 135. The van der Waals surface area contributed by atoms with Crippen molar-refractivity contribution in [3.8, 4) is 0 Å². The average molecular weight is 186 g/mol. The van der Waals surface area contributed by atoms with E-state index in [0.29, 0.717) is 0 Å². The van der Waals surface area contributed by atoms with Crippen molar-refractivity contribution in [3.05, 3.63) is 0 Å². The summed E-state index contributed by atoms with van der Waals surface area (Å²) in [5.74, 6) is -0.596. The first-order valence-electron chi connectivity index (χ1n) is 3.28. The molecule has 0 radical (unpaired) electrons. The Hall–Kier alpha value is 0.980. The predicted molar refractivity (Wildman–Crippen MR) is 38.8 cm³/mol. The van der Waals surface area contributed by atoms with Crippen LogP contribution in [0, 0.1) is 0 Å². The standard InChI is InChI=1S/C5H11N2O2P.Na.H/c1-5(9-10-8)6-3-2-4-7-5;;/h6-7H,2-4H2,1H3;;/q;+1;-1. The summed E-state index contributed by atoms with van der Waals surface area (Å²) < 4.78 is 14.9. The van der Waals surface area contributed by atoms with E-state index in [9.17, 15) is 4.57 Å². The summed E-state index contributed by atoms with van der Waals surface area (Å²) in [6.07, 6.45) is 1.08. The first kappa shape index (κ1) is 12.0. The van der Waals surface area contributed by atoms with Gasteiger partial charge in [-0.15, -0.1) is 0 Å². The van der Waals surface area contributed by atoms with Crippen molar-refractivity contribution in [3.63, 3.8) is 0 Å². The van der Waals surface area contributed by atoms with Gasteiger partial charge in [0.1, 0.15) is 0 Å². The second-order valence-corrected chi connectivity index (χ2v) is 2.74. The molecule has 0 aliphatic carbocycles. The summed E-state index contributed by atoms with van der Waals surface area (Å²) in [6, 6.07) is 0. The SMILES string of the molecule is CC1(OP=O)NCCCN1.[H-].[Na+]. The fraction of sp³-hybridized carbons (Fsp3) is 1.00. The van der Waals surface area contributed by atoms with Crippen LogP contribution < -0.4 is 40.2 Å². The summed E-state index contributed by atoms with van der Waals surface area (Å²) in [5, 5.41) is 6.11. The van der Waals surface area contributed by atoms with Crippen LogP contribution in [0.5, 0.6) is 0 Å². The third kappa shape index (κ3) is 3.95. The number of hydrogen-bond donors (Lipinski definition) is 2. The molecule has 0 bridgehead atoms. The van der Waals surface area contributed by atoms with Gasteiger partial charge in [0.2, 0.25) is 0 Å². The van der Waals surface area contributed by atoms with Crippen molar-refractivity contribution in [2.45, 2.75) is 19.2 Å². The van der Waals surface area contributed by atoms with E-state index >= 15 is 0 Å². The van der Waals surface area contributed by atoms with Crippen LogP contribution in [0.25, 0.3) is 0 Å². The van der Waals surface area contributed by atoms with Gasteiger partial charge in [0, 0.05) is 13.1 Å². The van der Waals surface area contributed by atoms with Gasteiger partial charge in [0.05, 0.1) is 0 Å². The Morgan fingerprint density at radius 1 is 1.55 bits per heavy atom. The van der Waals surface area contributed by atoms with E-state index in [2.05, 4.69) is 10.6 Å². The quantitative estimate of drug-likeness (QED) is 0.372. The number of hydrogen-bond acceptors (Lipinski definition) is 4. The summed E-state index contributed by atoms with van der Waals surface area (Å²) in [6.45, 7) is 3.62. The largest absolute Gasteiger partial charge is 1.00 e. The van der Waals surface area contributed by atoms with Crippen molar-refractivity contribution in [1.82, 2.24) is 10.6 Å². The van der Waals surface area contributed by atoms with Crippen LogP contribution >= 0.6 is 8.69 Å². The van der Waals surface area contributed by atoms with Crippen LogP contribution in [0.1, 0.15) is 14.8 Å². The van der Waals surface area contributed by atoms with Gasteiger partial charge in [-0.05, 0) is 13.3 Å². The van der Waals surface area contributed by atoms with Gasteiger partial charge in [-0.25, -0.2) is 4.57 Å². The van der Waals surface area contributed by atoms with Crippen LogP contribution in [-0.2, 0) is 9.09 Å². The second kappa shape index (κ2) is 5.60. The molecule has 1 saturated heterocycles. The molecular formula is C5H12N2NaO2P. The minimum Gasteiger partial charge on any atom is -1.00 e. The van der Waals surface area contributed by atoms with Gasteiger partial charge >= 0.3 is 38.2 Å². The minimum atomic E-state index is -0.596. The Balaban J connectivity index is 0. The molecule has 1 heterocycles. The summed E-state index contributed by atoms with van der Waals surface area (Å²) in [5.41, 5.74) is 0. The molecule has 1 rings (SSSR count). The van der Waals surface area contributed by atoms with Crippen molar-refractivity contribution >= 4 is 8.69 Å². The zero-order valence-corrected chi connectivity index (χ0v) is 9.78. The first-order valence-corrected chi connectivity index (χ1v) is 4.01. The van der Waals surface area contributed by atoms with Gasteiger partial charge in [-0.1, -0.05) is 0 Å². The molecule has 1 fully saturated rings. The molecule has 1 aliphatic heterocycles. The average Bonchev–Trinajstić information content (AvgIpc) is 1.89. The van der Waals surface area contributed by atoms with Crippen molar-refractivity contribution in [2.75, 3.05) is 13.1 Å². The molecule has 11 heavy (non-hydrogen) atoms. The molecule has 1 aliphatic rings. The number of nitrogens with one attached hydrogen (secondary N) is 2. The second-order valence-electron chi connectivity index (χ2n) is 2.41. The molecule has 0 aromatic rings. The molecular weight excluding hydrogens is 174 g/mol. The van der Waals surface area contributed by atoms with Gasteiger partial charge in [0.15, 0.2) is 5.85 Å². The fourth-order valence-electron chi connectivity index (χ4n) is 0.944. The molecule has 2 N–H and O–H groups in total. The van der Waals surface area contributed by atoms with Crippen molar-refractivity contribution in [1.29, 1.82) is 0 Å². The summed E-state index contributed by atoms with van der Waals surface area (Å²) in [4.78, 5) is 0. The van der Waals surface area contributed by atoms with Gasteiger partial charge in [-0.2, -0.15) is 0 Å². The Labute approximate surface area is 91.5 Å². The van der Waals surface area contributed by atoms with Crippen LogP contribution in [-0.4, -0.2) is 18.9 Å². The maximum Gasteiger partial charge on any atom is 1.00 e. The molecule has 0 atom stereocenters. The fourth-order valence-corrected chi connectivity index (χ4v) is 1.22. The van der Waals surface area contributed by atoms with Crippen LogP contribution in [0.3, 0.4) is 0 Å². The Morgan fingerprint density at radius 2 is 2.09 bits per heavy atom.